The fourth-order valence-electron chi connectivity index (χ4n) is 2.72. The zero-order valence-corrected chi connectivity index (χ0v) is 17.1. The first-order chi connectivity index (χ1) is 14.5. The number of hydrogen-bond donors (Lipinski definition) is 0. The fraction of sp³-hybridized carbons (Fsp3) is 0.136. The third-order valence-electron chi connectivity index (χ3n) is 4.03. The van der Waals surface area contributed by atoms with Crippen LogP contribution in [0.1, 0.15) is 30.0 Å². The Bertz CT molecular complexity index is 1180. The van der Waals surface area contributed by atoms with Gasteiger partial charge in [-0.25, -0.2) is 9.37 Å². The highest BCUT2D eigenvalue weighted by Gasteiger charge is 2.21. The van der Waals surface area contributed by atoms with E-state index in [1.54, 1.807) is 42.5 Å². The summed E-state index contributed by atoms with van der Waals surface area (Å²) in [5, 5.41) is 5.80. The van der Waals surface area contributed by atoms with Crippen LogP contribution in [0.25, 0.3) is 10.2 Å². The molecule has 0 aliphatic heterocycles. The molecular formula is C22H18FN3O3S. The van der Waals surface area contributed by atoms with Gasteiger partial charge in [0.2, 0.25) is 5.13 Å². The molecule has 0 fully saturated rings. The largest absolute Gasteiger partial charge is 0.491 e. The van der Waals surface area contributed by atoms with E-state index in [9.17, 15) is 9.18 Å². The number of hydrazone groups is 1. The Kier molecular flexibility index (Phi) is 5.58. The SMILES string of the molecule is CC(C)Oc1ccc(C(=O)N(/N=C/c2ccco2)c2nc3ccc(F)cc3s2)cc1. The van der Waals surface area contributed by atoms with Crippen LogP contribution in [0.5, 0.6) is 5.75 Å². The molecule has 0 saturated heterocycles. The monoisotopic (exact) mass is 423 g/mol. The number of nitrogens with zero attached hydrogens (tertiary/aromatic N) is 3. The summed E-state index contributed by atoms with van der Waals surface area (Å²) in [6, 6.07) is 14.5. The normalized spacial score (nSPS) is 11.5. The minimum Gasteiger partial charge on any atom is -0.491 e. The van der Waals surface area contributed by atoms with E-state index in [1.165, 1.54) is 41.0 Å². The summed E-state index contributed by atoms with van der Waals surface area (Å²) >= 11 is 1.18. The number of anilines is 1. The van der Waals surface area contributed by atoms with Crippen molar-refractivity contribution in [1.29, 1.82) is 0 Å². The first kappa shape index (κ1) is 19.8. The average molecular weight is 423 g/mol. The molecule has 4 rings (SSSR count). The van der Waals surface area contributed by atoms with Crippen LogP contribution in [0, 0.1) is 5.82 Å². The lowest BCUT2D eigenvalue weighted by atomic mass is 10.2. The van der Waals surface area contributed by atoms with Crippen molar-refractivity contribution in [2.75, 3.05) is 5.01 Å². The summed E-state index contributed by atoms with van der Waals surface area (Å²) in [6.45, 7) is 3.86. The predicted octanol–water partition coefficient (Wildman–Crippen LogP) is 5.50. The first-order valence-corrected chi connectivity index (χ1v) is 10.1. The highest BCUT2D eigenvalue weighted by Crippen LogP contribution is 2.30. The number of fused-ring (bicyclic) bond motifs is 1. The van der Waals surface area contributed by atoms with Crippen molar-refractivity contribution in [2.45, 2.75) is 20.0 Å². The molecule has 152 valence electrons. The molecule has 4 aromatic rings. The summed E-state index contributed by atoms with van der Waals surface area (Å²) in [4.78, 5) is 17.7. The van der Waals surface area contributed by atoms with Crippen molar-refractivity contribution in [3.05, 3.63) is 78.0 Å². The number of halogens is 1. The van der Waals surface area contributed by atoms with Crippen LogP contribution in [0.2, 0.25) is 0 Å². The zero-order chi connectivity index (χ0) is 21.1. The summed E-state index contributed by atoms with van der Waals surface area (Å²) in [6.07, 6.45) is 2.98. The van der Waals surface area contributed by atoms with Crippen LogP contribution in [0.3, 0.4) is 0 Å². The van der Waals surface area contributed by atoms with Crippen LogP contribution in [0.15, 0.2) is 70.4 Å². The predicted molar refractivity (Wildman–Crippen MR) is 115 cm³/mol. The lowest BCUT2D eigenvalue weighted by Crippen LogP contribution is -2.25. The van der Waals surface area contributed by atoms with Gasteiger partial charge in [0, 0.05) is 5.56 Å². The van der Waals surface area contributed by atoms with Crippen LogP contribution in [-0.2, 0) is 0 Å². The van der Waals surface area contributed by atoms with Gasteiger partial charge in [-0.1, -0.05) is 11.3 Å². The lowest BCUT2D eigenvalue weighted by molar-refractivity contribution is 0.0988. The summed E-state index contributed by atoms with van der Waals surface area (Å²) < 4.78 is 25.1. The maximum Gasteiger partial charge on any atom is 0.280 e. The van der Waals surface area contributed by atoms with E-state index in [0.717, 1.165) is 0 Å². The first-order valence-electron chi connectivity index (χ1n) is 9.24. The van der Waals surface area contributed by atoms with E-state index in [1.807, 2.05) is 13.8 Å². The van der Waals surface area contributed by atoms with Crippen LogP contribution in [0.4, 0.5) is 9.52 Å². The van der Waals surface area contributed by atoms with Gasteiger partial charge >= 0.3 is 0 Å². The molecule has 2 aromatic heterocycles. The smallest absolute Gasteiger partial charge is 0.280 e. The third-order valence-corrected chi connectivity index (χ3v) is 5.02. The molecule has 30 heavy (non-hydrogen) atoms. The minimum atomic E-state index is -0.381. The van der Waals surface area contributed by atoms with E-state index in [-0.39, 0.29) is 17.8 Å². The van der Waals surface area contributed by atoms with Crippen LogP contribution in [-0.4, -0.2) is 23.2 Å². The minimum absolute atomic E-state index is 0.0316. The third kappa shape index (κ3) is 4.38. The van der Waals surface area contributed by atoms with Gasteiger partial charge in [0.15, 0.2) is 0 Å². The van der Waals surface area contributed by atoms with Gasteiger partial charge in [-0.15, -0.1) is 0 Å². The molecule has 2 aromatic carbocycles. The molecule has 0 aliphatic rings. The van der Waals surface area contributed by atoms with Gasteiger partial charge in [-0.05, 0) is 68.4 Å². The summed E-state index contributed by atoms with van der Waals surface area (Å²) in [5.74, 6) is 0.409. The van der Waals surface area contributed by atoms with Crippen LogP contribution >= 0.6 is 11.3 Å². The maximum absolute atomic E-state index is 13.6. The molecule has 0 unspecified atom stereocenters. The molecule has 0 spiro atoms. The zero-order valence-electron chi connectivity index (χ0n) is 16.3. The van der Waals surface area contributed by atoms with Gasteiger partial charge < -0.3 is 9.15 Å². The van der Waals surface area contributed by atoms with Gasteiger partial charge in [0.25, 0.3) is 5.91 Å². The number of ether oxygens (including phenoxy) is 1. The molecule has 0 N–H and O–H groups in total. The van der Waals surface area contributed by atoms with E-state index in [0.29, 0.717) is 32.4 Å². The number of carbonyl (C=O) groups excluding carboxylic acids is 1. The molecule has 0 bridgehead atoms. The Morgan fingerprint density at radius 3 is 2.73 bits per heavy atom. The van der Waals surface area contributed by atoms with E-state index in [2.05, 4.69) is 10.1 Å². The standard InChI is InChI=1S/C22H18FN3O3S/c1-14(2)29-17-8-5-15(6-9-17)21(27)26(24-13-18-4-3-11-28-18)22-25-19-10-7-16(23)12-20(19)30-22/h3-14H,1-2H3/b24-13+. The second kappa shape index (κ2) is 8.46. The van der Waals surface area contributed by atoms with E-state index >= 15 is 0 Å². The van der Waals surface area contributed by atoms with Crippen molar-refractivity contribution in [2.24, 2.45) is 5.10 Å². The Morgan fingerprint density at radius 2 is 2.03 bits per heavy atom. The molecule has 8 heteroatoms. The van der Waals surface area contributed by atoms with Gasteiger partial charge in [-0.3, -0.25) is 4.79 Å². The Hall–Kier alpha value is -3.52. The number of hydrogen-bond acceptors (Lipinski definition) is 6. The number of benzene rings is 2. The summed E-state index contributed by atoms with van der Waals surface area (Å²) in [5.41, 5.74) is 0.996. The molecule has 0 saturated carbocycles. The Balaban J connectivity index is 1.69. The number of thiazole rings is 1. The number of aromatic nitrogens is 1. The average Bonchev–Trinajstić information content (AvgIpc) is 3.37. The molecule has 2 heterocycles. The molecular weight excluding hydrogens is 405 g/mol. The Morgan fingerprint density at radius 1 is 1.23 bits per heavy atom. The Labute approximate surface area is 176 Å². The topological polar surface area (TPSA) is 67.9 Å². The maximum atomic E-state index is 13.6. The second-order valence-electron chi connectivity index (χ2n) is 6.68. The van der Waals surface area contributed by atoms with Crippen molar-refractivity contribution in [3.63, 3.8) is 0 Å². The quantitative estimate of drug-likeness (QED) is 0.303. The van der Waals surface area contributed by atoms with Crippen molar-refractivity contribution in [3.8, 4) is 5.75 Å². The molecule has 1 amide bonds. The number of furan rings is 1. The fourth-order valence-corrected chi connectivity index (χ4v) is 3.66. The van der Waals surface area contributed by atoms with Gasteiger partial charge in [0.1, 0.15) is 17.3 Å². The lowest BCUT2D eigenvalue weighted by Gasteiger charge is -2.14. The van der Waals surface area contributed by atoms with Gasteiger partial charge in [0.05, 0.1) is 28.8 Å². The molecule has 0 atom stereocenters. The van der Waals surface area contributed by atoms with Crippen molar-refractivity contribution in [1.82, 2.24) is 4.98 Å². The highest BCUT2D eigenvalue weighted by molar-refractivity contribution is 7.22. The van der Waals surface area contributed by atoms with Crippen molar-refractivity contribution < 1.29 is 18.3 Å². The second-order valence-corrected chi connectivity index (χ2v) is 7.69. The van der Waals surface area contributed by atoms with E-state index in [4.69, 9.17) is 9.15 Å². The molecule has 6 nitrogen and oxygen atoms in total. The van der Waals surface area contributed by atoms with Gasteiger partial charge in [-0.2, -0.15) is 10.1 Å². The number of rotatable bonds is 6. The highest BCUT2D eigenvalue weighted by atomic mass is 32.1. The molecule has 0 aliphatic carbocycles. The number of amides is 1. The molecule has 0 radical (unpaired) electrons. The van der Waals surface area contributed by atoms with Crippen LogP contribution < -0.4 is 9.75 Å². The summed E-state index contributed by atoms with van der Waals surface area (Å²) in [7, 11) is 0. The number of carbonyl (C=O) groups is 1. The van der Waals surface area contributed by atoms with Crippen molar-refractivity contribution >= 4 is 38.8 Å². The van der Waals surface area contributed by atoms with E-state index < -0.39 is 0 Å².